The van der Waals surface area contributed by atoms with Crippen molar-refractivity contribution in [3.05, 3.63) is 17.6 Å². The van der Waals surface area contributed by atoms with Gasteiger partial charge in [0.05, 0.1) is 0 Å². The van der Waals surface area contributed by atoms with Gasteiger partial charge in [-0.05, 0) is 31.7 Å². The monoisotopic (exact) mass is 237 g/mol. The molecule has 0 spiro atoms. The van der Waals surface area contributed by atoms with Crippen LogP contribution in [0.1, 0.15) is 11.5 Å². The van der Waals surface area contributed by atoms with E-state index >= 15 is 0 Å². The van der Waals surface area contributed by atoms with E-state index in [1.807, 2.05) is 19.9 Å². The highest BCUT2D eigenvalue weighted by atomic mass is 32.2. The molecule has 16 heavy (non-hydrogen) atoms. The van der Waals surface area contributed by atoms with E-state index in [4.69, 9.17) is 5.84 Å². The molecule has 0 amide bonds. The van der Waals surface area contributed by atoms with Crippen LogP contribution in [0, 0.1) is 13.8 Å². The van der Waals surface area contributed by atoms with E-state index in [-0.39, 0.29) is 0 Å². The molecule has 0 bridgehead atoms. The minimum atomic E-state index is 0.384. The lowest BCUT2D eigenvalue weighted by molar-refractivity contribution is 0.953. The van der Waals surface area contributed by atoms with Gasteiger partial charge in [0.2, 0.25) is 11.1 Å². The number of aryl methyl sites for hydroxylation is 2. The maximum atomic E-state index is 5.26. The maximum Gasteiger partial charge on any atom is 0.238 e. The maximum absolute atomic E-state index is 5.26. The van der Waals surface area contributed by atoms with Crippen LogP contribution in [0.15, 0.2) is 16.2 Å². The van der Waals surface area contributed by atoms with E-state index in [9.17, 15) is 0 Å². The molecule has 2 aromatic heterocycles. The zero-order valence-corrected chi connectivity index (χ0v) is 9.67. The lowest BCUT2D eigenvalue weighted by Crippen LogP contribution is -2.11. The molecule has 84 valence electrons. The Morgan fingerprint density at radius 1 is 1.31 bits per heavy atom. The first-order valence-corrected chi connectivity index (χ1v) is 5.38. The van der Waals surface area contributed by atoms with E-state index in [2.05, 4.69) is 30.6 Å². The molecule has 4 N–H and O–H groups in total. The number of hydrogen-bond donors (Lipinski definition) is 3. The van der Waals surface area contributed by atoms with Crippen molar-refractivity contribution in [2.24, 2.45) is 5.84 Å². The molecule has 2 aromatic rings. The molecule has 0 fully saturated rings. The Balaban J connectivity index is 2.24. The van der Waals surface area contributed by atoms with Gasteiger partial charge in [0.1, 0.15) is 10.9 Å². The second-order valence-corrected chi connectivity index (χ2v) is 4.11. The molecule has 7 nitrogen and oxygen atoms in total. The van der Waals surface area contributed by atoms with Crippen molar-refractivity contribution in [2.75, 3.05) is 5.43 Å². The van der Waals surface area contributed by atoms with E-state index in [0.29, 0.717) is 11.1 Å². The van der Waals surface area contributed by atoms with Crippen LogP contribution in [-0.2, 0) is 0 Å². The Kier molecular flexibility index (Phi) is 3.02. The van der Waals surface area contributed by atoms with Crippen LogP contribution in [0.5, 0.6) is 0 Å². The van der Waals surface area contributed by atoms with Gasteiger partial charge in [-0.1, -0.05) is 0 Å². The largest absolute Gasteiger partial charge is 0.292 e. The van der Waals surface area contributed by atoms with Crippen molar-refractivity contribution in [1.29, 1.82) is 0 Å². The molecule has 2 rings (SSSR count). The number of nitrogens with zero attached hydrogens (tertiary/aromatic N) is 4. The molecule has 0 radical (unpaired) electrons. The first kappa shape index (κ1) is 10.8. The number of aromatic amines is 1. The number of aromatic nitrogens is 5. The summed E-state index contributed by atoms with van der Waals surface area (Å²) in [6.45, 7) is 3.71. The van der Waals surface area contributed by atoms with Crippen molar-refractivity contribution in [2.45, 2.75) is 24.0 Å². The molecule has 0 aliphatic heterocycles. The van der Waals surface area contributed by atoms with Crippen LogP contribution in [0.2, 0.25) is 0 Å². The zero-order chi connectivity index (χ0) is 11.5. The van der Waals surface area contributed by atoms with E-state index in [0.717, 1.165) is 16.5 Å². The summed E-state index contributed by atoms with van der Waals surface area (Å²) in [6.07, 6.45) is 0. The van der Waals surface area contributed by atoms with Gasteiger partial charge in [0, 0.05) is 5.69 Å². The first-order chi connectivity index (χ1) is 7.67. The summed E-state index contributed by atoms with van der Waals surface area (Å²) in [5, 5.41) is 8.15. The SMILES string of the molecule is Cc1cc(Sc2n[nH]c(C)n2)nc(NN)n1. The minimum Gasteiger partial charge on any atom is -0.292 e. The summed E-state index contributed by atoms with van der Waals surface area (Å²) in [5.74, 6) is 6.42. The summed E-state index contributed by atoms with van der Waals surface area (Å²) in [4.78, 5) is 12.4. The average Bonchev–Trinajstić information content (AvgIpc) is 2.63. The Labute approximate surface area is 96.3 Å². The third-order valence-electron chi connectivity index (χ3n) is 1.73. The number of nitrogen functional groups attached to an aromatic ring is 1. The predicted molar refractivity (Wildman–Crippen MR) is 59.8 cm³/mol. The van der Waals surface area contributed by atoms with Crippen LogP contribution in [-0.4, -0.2) is 25.1 Å². The van der Waals surface area contributed by atoms with E-state index < -0.39 is 0 Å². The van der Waals surface area contributed by atoms with Crippen molar-refractivity contribution in [3.8, 4) is 0 Å². The highest BCUT2D eigenvalue weighted by Crippen LogP contribution is 2.23. The molecule has 0 unspecified atom stereocenters. The number of rotatable bonds is 3. The molecule has 0 aliphatic carbocycles. The lowest BCUT2D eigenvalue weighted by atomic mass is 10.5. The number of H-pyrrole nitrogens is 1. The third kappa shape index (κ3) is 2.47. The fraction of sp³-hybridized carbons (Fsp3) is 0.250. The lowest BCUT2D eigenvalue weighted by Gasteiger charge is -2.02. The molecule has 0 atom stereocenters. The minimum absolute atomic E-state index is 0.384. The van der Waals surface area contributed by atoms with Gasteiger partial charge >= 0.3 is 0 Å². The van der Waals surface area contributed by atoms with Crippen molar-refractivity contribution >= 4 is 17.7 Å². The van der Waals surface area contributed by atoms with Crippen molar-refractivity contribution in [1.82, 2.24) is 25.1 Å². The van der Waals surface area contributed by atoms with Gasteiger partial charge < -0.3 is 0 Å². The Morgan fingerprint density at radius 3 is 2.75 bits per heavy atom. The summed E-state index contributed by atoms with van der Waals surface area (Å²) in [5.41, 5.74) is 3.25. The number of nitrogens with two attached hydrogens (primary N) is 1. The van der Waals surface area contributed by atoms with Crippen LogP contribution < -0.4 is 11.3 Å². The van der Waals surface area contributed by atoms with Crippen LogP contribution in [0.25, 0.3) is 0 Å². The Hall–Kier alpha value is -1.67. The molecule has 0 aromatic carbocycles. The first-order valence-electron chi connectivity index (χ1n) is 4.56. The van der Waals surface area contributed by atoms with Gasteiger partial charge in [-0.15, -0.1) is 5.10 Å². The fourth-order valence-corrected chi connectivity index (χ4v) is 1.94. The fourth-order valence-electron chi connectivity index (χ4n) is 1.12. The molecule has 2 heterocycles. The van der Waals surface area contributed by atoms with Crippen molar-refractivity contribution in [3.63, 3.8) is 0 Å². The molecule has 0 aliphatic rings. The Morgan fingerprint density at radius 2 is 2.12 bits per heavy atom. The van der Waals surface area contributed by atoms with Gasteiger partial charge in [0.25, 0.3) is 0 Å². The standard InChI is InChI=1S/C8H11N7S/c1-4-3-6(12-7(10-4)13-9)16-8-11-5(2)14-15-8/h3H,9H2,1-2H3,(H,10,12,13)(H,11,14,15). The van der Waals surface area contributed by atoms with Crippen LogP contribution in [0.3, 0.4) is 0 Å². The Bertz CT molecular complexity index is 495. The number of nitrogens with one attached hydrogen (secondary N) is 2. The molecular formula is C8H11N7S. The highest BCUT2D eigenvalue weighted by molar-refractivity contribution is 7.99. The van der Waals surface area contributed by atoms with E-state index in [1.165, 1.54) is 11.8 Å². The van der Waals surface area contributed by atoms with Crippen LogP contribution >= 0.6 is 11.8 Å². The topological polar surface area (TPSA) is 105 Å². The summed E-state index contributed by atoms with van der Waals surface area (Å²) < 4.78 is 0. The van der Waals surface area contributed by atoms with Gasteiger partial charge in [-0.3, -0.25) is 10.5 Å². The van der Waals surface area contributed by atoms with Gasteiger partial charge in [0.15, 0.2) is 0 Å². The molecule has 0 saturated heterocycles. The predicted octanol–water partition coefficient (Wildman–Crippen LogP) is 0.648. The number of hydrogen-bond acceptors (Lipinski definition) is 7. The molecule has 0 saturated carbocycles. The smallest absolute Gasteiger partial charge is 0.238 e. The van der Waals surface area contributed by atoms with Gasteiger partial charge in [-0.25, -0.2) is 20.8 Å². The quantitative estimate of drug-likeness (QED) is 0.409. The number of anilines is 1. The van der Waals surface area contributed by atoms with E-state index in [1.54, 1.807) is 0 Å². The zero-order valence-electron chi connectivity index (χ0n) is 8.85. The second kappa shape index (κ2) is 4.45. The highest BCUT2D eigenvalue weighted by Gasteiger charge is 2.06. The summed E-state index contributed by atoms with van der Waals surface area (Å²) in [6, 6.07) is 1.84. The molecule has 8 heteroatoms. The normalized spacial score (nSPS) is 10.4. The average molecular weight is 237 g/mol. The molecular weight excluding hydrogens is 226 g/mol. The second-order valence-electron chi connectivity index (χ2n) is 3.12. The van der Waals surface area contributed by atoms with Crippen molar-refractivity contribution < 1.29 is 0 Å². The summed E-state index contributed by atoms with van der Waals surface area (Å²) in [7, 11) is 0. The van der Waals surface area contributed by atoms with Gasteiger partial charge in [-0.2, -0.15) is 0 Å². The summed E-state index contributed by atoms with van der Waals surface area (Å²) >= 11 is 1.35. The van der Waals surface area contributed by atoms with Crippen LogP contribution in [0.4, 0.5) is 5.95 Å². The third-order valence-corrected chi connectivity index (χ3v) is 2.52. The number of hydrazine groups is 1.